The lowest BCUT2D eigenvalue weighted by molar-refractivity contribution is -0.254. The molecule has 12 heteroatoms. The third-order valence-electron chi connectivity index (χ3n) is 11.1. The number of halogens is 6. The van der Waals surface area contributed by atoms with Crippen LogP contribution in [0.25, 0.3) is 31.9 Å². The zero-order valence-electron chi connectivity index (χ0n) is 32.1. The minimum atomic E-state index is -5.83. The van der Waals surface area contributed by atoms with E-state index in [0.717, 1.165) is 40.2 Å². The first-order valence-electron chi connectivity index (χ1n) is 18.1. The molecule has 0 saturated carbocycles. The summed E-state index contributed by atoms with van der Waals surface area (Å²) in [5.41, 5.74) is -3.93. The number of thiophene rings is 3. The van der Waals surface area contributed by atoms with Crippen LogP contribution in [0.3, 0.4) is 0 Å². The van der Waals surface area contributed by atoms with Crippen LogP contribution < -0.4 is 0 Å². The van der Waals surface area contributed by atoms with Gasteiger partial charge >= 0.3 is 17.8 Å². The number of benzene rings is 2. The summed E-state index contributed by atoms with van der Waals surface area (Å²) < 4.78 is 105. The number of furan rings is 1. The maximum atomic E-state index is 16.7. The molecule has 0 fully saturated rings. The van der Waals surface area contributed by atoms with Gasteiger partial charge in [-0.3, -0.25) is 0 Å². The molecule has 8 rings (SSSR count). The topological polar surface area (TPSA) is 53.6 Å². The van der Waals surface area contributed by atoms with Gasteiger partial charge in [-0.05, 0) is 73.5 Å². The smallest absolute Gasteiger partial charge is 0.380 e. The second-order valence-electron chi connectivity index (χ2n) is 17.9. The molecule has 1 unspecified atom stereocenters. The van der Waals surface area contributed by atoms with Gasteiger partial charge in [0.25, 0.3) is 0 Å². The first kappa shape index (κ1) is 38.9. The molecule has 56 heavy (non-hydrogen) atoms. The van der Waals surface area contributed by atoms with Gasteiger partial charge in [0.1, 0.15) is 16.8 Å². The number of phenolic OH excluding ortho intramolecular Hbond substituents is 2. The van der Waals surface area contributed by atoms with E-state index in [1.165, 1.54) is 28.7 Å². The fourth-order valence-corrected chi connectivity index (χ4v) is 11.8. The summed E-state index contributed by atoms with van der Waals surface area (Å²) >= 11 is 3.72. The molecule has 0 aliphatic heterocycles. The Morgan fingerprint density at radius 2 is 1.16 bits per heavy atom. The molecule has 1 atom stereocenters. The van der Waals surface area contributed by atoms with Gasteiger partial charge in [-0.15, -0.1) is 34.0 Å². The Hall–Kier alpha value is -4.00. The molecule has 0 saturated heterocycles. The predicted octanol–water partition coefficient (Wildman–Crippen LogP) is 14.1. The van der Waals surface area contributed by atoms with Crippen molar-refractivity contribution < 1.29 is 41.0 Å². The van der Waals surface area contributed by atoms with Crippen molar-refractivity contribution in [1.82, 2.24) is 0 Å². The lowest BCUT2D eigenvalue weighted by Gasteiger charge is -2.34. The summed E-state index contributed by atoms with van der Waals surface area (Å²) in [4.78, 5) is 1.73. The number of fused-ring (bicyclic) bond motifs is 6. The van der Waals surface area contributed by atoms with Gasteiger partial charge in [-0.1, -0.05) is 86.6 Å². The minimum absolute atomic E-state index is 0.107. The Morgan fingerprint density at radius 3 is 1.73 bits per heavy atom. The van der Waals surface area contributed by atoms with E-state index in [4.69, 9.17) is 4.42 Å². The van der Waals surface area contributed by atoms with Gasteiger partial charge < -0.3 is 14.6 Å². The van der Waals surface area contributed by atoms with Crippen LogP contribution in [0, 0.1) is 0 Å². The van der Waals surface area contributed by atoms with Crippen LogP contribution in [0.5, 0.6) is 11.5 Å². The first-order valence-corrected chi connectivity index (χ1v) is 20.6. The number of alkyl halides is 6. The number of rotatable bonds is 3. The van der Waals surface area contributed by atoms with Crippen LogP contribution in [-0.4, -0.2) is 28.0 Å². The van der Waals surface area contributed by atoms with Gasteiger partial charge in [-0.25, -0.2) is 0 Å². The van der Waals surface area contributed by atoms with E-state index < -0.39 is 62.4 Å². The summed E-state index contributed by atoms with van der Waals surface area (Å²) in [6.45, 7) is 18.2. The highest BCUT2D eigenvalue weighted by Gasteiger charge is 2.81. The average Bonchev–Trinajstić information content (AvgIpc) is 3.90. The van der Waals surface area contributed by atoms with Crippen LogP contribution in [0.4, 0.5) is 26.3 Å². The zero-order valence-corrected chi connectivity index (χ0v) is 34.6. The molecule has 0 amide bonds. The lowest BCUT2D eigenvalue weighted by Crippen LogP contribution is -2.49. The van der Waals surface area contributed by atoms with Gasteiger partial charge in [0.05, 0.1) is 0 Å². The molecule has 4 aromatic heterocycles. The quantitative estimate of drug-likeness (QED) is 0.138. The van der Waals surface area contributed by atoms with Crippen molar-refractivity contribution in [2.24, 2.45) is 0 Å². The molecular formula is C44H40F6O3S3. The van der Waals surface area contributed by atoms with E-state index in [1.54, 1.807) is 0 Å². The first-order chi connectivity index (χ1) is 25.7. The van der Waals surface area contributed by atoms with Crippen LogP contribution in [-0.2, 0) is 21.7 Å². The van der Waals surface area contributed by atoms with Gasteiger partial charge in [0.2, 0.25) is 0 Å². The van der Waals surface area contributed by atoms with Crippen molar-refractivity contribution in [2.45, 2.75) is 102 Å². The highest BCUT2D eigenvalue weighted by molar-refractivity contribution is 7.22. The normalized spacial score (nSPS) is 20.3. The number of hydrogen-bond acceptors (Lipinski definition) is 6. The van der Waals surface area contributed by atoms with Crippen molar-refractivity contribution in [1.29, 1.82) is 0 Å². The Labute approximate surface area is 333 Å². The molecule has 0 spiro atoms. The van der Waals surface area contributed by atoms with E-state index in [-0.39, 0.29) is 32.4 Å². The van der Waals surface area contributed by atoms with Crippen molar-refractivity contribution in [3.05, 3.63) is 114 Å². The standard InChI is InChI=1S/C44H40F6O3S3/c1-38(2,3)21-10-12-22(13-11-21)41(32-15-24(20-55-32)40(7,8)9)36-33(25-16-27(51)28(52)18-29(25)53-36)35-34(42(45,46)44(49,50)43(35,47)48)26-17-31(56-37(26)41)30-14-23(19-54-30)39(4,5)6/h10-20,51-52H,1-9H3. The fourth-order valence-electron chi connectivity index (χ4n) is 7.76. The number of aromatic hydroxyl groups is 2. The number of phenols is 2. The minimum Gasteiger partial charge on any atom is -0.504 e. The predicted molar refractivity (Wildman–Crippen MR) is 215 cm³/mol. The summed E-state index contributed by atoms with van der Waals surface area (Å²) in [5.74, 6) is -18.3. The Morgan fingerprint density at radius 1 is 0.607 bits per heavy atom. The molecule has 2 N–H and O–H groups in total. The molecule has 6 aromatic rings. The summed E-state index contributed by atoms with van der Waals surface area (Å²) in [5, 5.41) is 24.9. The second kappa shape index (κ2) is 11.8. The molecule has 2 aliphatic carbocycles. The van der Waals surface area contributed by atoms with E-state index in [0.29, 0.717) is 20.2 Å². The van der Waals surface area contributed by atoms with Crippen molar-refractivity contribution in [3.8, 4) is 21.3 Å². The molecule has 0 bridgehead atoms. The monoisotopic (exact) mass is 826 g/mol. The number of hydrogen-bond donors (Lipinski definition) is 2. The molecular weight excluding hydrogens is 787 g/mol. The summed E-state index contributed by atoms with van der Waals surface area (Å²) in [6, 6.07) is 14.5. The molecule has 2 aromatic carbocycles. The van der Waals surface area contributed by atoms with E-state index >= 15 is 26.3 Å². The maximum Gasteiger partial charge on any atom is 0.380 e. The fraction of sp³-hybridized carbons (Fsp3) is 0.364. The highest BCUT2D eigenvalue weighted by Crippen LogP contribution is 2.71. The van der Waals surface area contributed by atoms with Crippen LogP contribution in [0.2, 0.25) is 0 Å². The van der Waals surface area contributed by atoms with Crippen LogP contribution >= 0.6 is 34.0 Å². The highest BCUT2D eigenvalue weighted by atomic mass is 32.1. The van der Waals surface area contributed by atoms with Crippen molar-refractivity contribution >= 4 is 56.1 Å². The summed E-state index contributed by atoms with van der Waals surface area (Å²) in [7, 11) is 0. The maximum absolute atomic E-state index is 16.7. The zero-order chi connectivity index (χ0) is 40.9. The van der Waals surface area contributed by atoms with Crippen LogP contribution in [0.1, 0.15) is 111 Å². The van der Waals surface area contributed by atoms with Crippen molar-refractivity contribution in [2.75, 3.05) is 0 Å². The SMILES string of the molecule is CC(C)(C)c1ccc(C2(c3cc(C(C)(C)C)cs3)c3oc4cc(O)c(O)cc4c3C3=C(c4cc(-c5cc(C(C)(C)C)cs5)sc42)C(F)(F)C(F)(F)C3(F)F)cc1. The van der Waals surface area contributed by atoms with Gasteiger partial charge in [-0.2, -0.15) is 26.3 Å². The average molecular weight is 827 g/mol. The van der Waals surface area contributed by atoms with Gasteiger partial charge in [0.15, 0.2) is 11.5 Å². The number of allylic oxidation sites excluding steroid dienone is 2. The summed E-state index contributed by atoms with van der Waals surface area (Å²) in [6.07, 6.45) is 0. The van der Waals surface area contributed by atoms with Gasteiger partial charge in [0, 0.05) is 53.2 Å². The molecule has 294 valence electrons. The Bertz CT molecular complexity index is 2600. The van der Waals surface area contributed by atoms with Crippen LogP contribution in [0.15, 0.2) is 69.8 Å². The lowest BCUT2D eigenvalue weighted by atomic mass is 9.71. The molecule has 3 nitrogen and oxygen atoms in total. The third kappa shape index (κ3) is 5.20. The second-order valence-corrected chi connectivity index (χ2v) is 20.8. The molecule has 4 heterocycles. The van der Waals surface area contributed by atoms with E-state index in [1.807, 2.05) is 109 Å². The third-order valence-corrected chi connectivity index (χ3v) is 14.5. The Kier molecular flexibility index (Phi) is 8.18. The Balaban J connectivity index is 1.63. The molecule has 0 radical (unpaired) electrons. The van der Waals surface area contributed by atoms with E-state index in [9.17, 15) is 10.2 Å². The molecule has 2 aliphatic rings. The largest absolute Gasteiger partial charge is 0.504 e. The van der Waals surface area contributed by atoms with E-state index in [2.05, 4.69) is 0 Å². The van der Waals surface area contributed by atoms with Crippen molar-refractivity contribution in [3.63, 3.8) is 0 Å².